The second-order valence-corrected chi connectivity index (χ2v) is 4.35. The molecular formula is C12H17FN2. The monoisotopic (exact) mass is 208 g/mol. The highest BCUT2D eigenvalue weighted by Crippen LogP contribution is 2.26. The van der Waals surface area contributed by atoms with E-state index < -0.39 is 5.67 Å². The van der Waals surface area contributed by atoms with Crippen LogP contribution in [0.2, 0.25) is 0 Å². The minimum Gasteiger partial charge on any atom is -0.399 e. The zero-order chi connectivity index (χ0) is 10.7. The van der Waals surface area contributed by atoms with Gasteiger partial charge in [-0.1, -0.05) is 12.1 Å². The van der Waals surface area contributed by atoms with E-state index >= 15 is 0 Å². The summed E-state index contributed by atoms with van der Waals surface area (Å²) in [5, 5.41) is 3.10. The summed E-state index contributed by atoms with van der Waals surface area (Å²) in [6.45, 7) is 1.39. The number of nitrogens with two attached hydrogens (primary N) is 1. The van der Waals surface area contributed by atoms with Crippen LogP contribution in [0.3, 0.4) is 0 Å². The molecule has 1 atom stereocenters. The summed E-state index contributed by atoms with van der Waals surface area (Å²) in [5.41, 5.74) is 6.27. The van der Waals surface area contributed by atoms with Gasteiger partial charge >= 0.3 is 0 Å². The number of hydrogen-bond donors (Lipinski definition) is 2. The first kappa shape index (κ1) is 10.4. The Bertz CT molecular complexity index is 332. The number of nitrogen functional groups attached to an aromatic ring is 1. The molecule has 0 saturated carbocycles. The van der Waals surface area contributed by atoms with Crippen molar-refractivity contribution in [1.29, 1.82) is 0 Å². The summed E-state index contributed by atoms with van der Waals surface area (Å²) in [4.78, 5) is 0. The second-order valence-electron chi connectivity index (χ2n) is 4.35. The Hall–Kier alpha value is -1.09. The lowest BCUT2D eigenvalue weighted by atomic mass is 9.89. The number of benzene rings is 1. The first-order chi connectivity index (χ1) is 7.18. The first-order valence-corrected chi connectivity index (χ1v) is 5.42. The molecule has 1 aromatic carbocycles. The molecule has 1 aromatic rings. The zero-order valence-corrected chi connectivity index (χ0v) is 8.80. The van der Waals surface area contributed by atoms with Gasteiger partial charge in [0.25, 0.3) is 0 Å². The van der Waals surface area contributed by atoms with Crippen LogP contribution < -0.4 is 11.1 Å². The molecule has 1 fully saturated rings. The Morgan fingerprint density at radius 1 is 1.47 bits per heavy atom. The molecule has 15 heavy (non-hydrogen) atoms. The Kier molecular flexibility index (Phi) is 2.91. The van der Waals surface area contributed by atoms with Crippen LogP contribution in [0.1, 0.15) is 18.4 Å². The number of rotatable bonds is 2. The molecule has 0 bridgehead atoms. The van der Waals surface area contributed by atoms with Gasteiger partial charge in [-0.25, -0.2) is 4.39 Å². The minimum atomic E-state index is -1.09. The molecule has 2 rings (SSSR count). The average molecular weight is 208 g/mol. The van der Waals surface area contributed by atoms with E-state index in [0.717, 1.165) is 18.5 Å². The number of anilines is 1. The van der Waals surface area contributed by atoms with Crippen molar-refractivity contribution in [1.82, 2.24) is 5.32 Å². The Morgan fingerprint density at radius 2 is 2.33 bits per heavy atom. The number of halogens is 1. The Labute approximate surface area is 89.7 Å². The van der Waals surface area contributed by atoms with Crippen LogP contribution in [0.4, 0.5) is 10.1 Å². The quantitative estimate of drug-likeness (QED) is 0.728. The topological polar surface area (TPSA) is 38.0 Å². The van der Waals surface area contributed by atoms with Gasteiger partial charge < -0.3 is 11.1 Å². The highest BCUT2D eigenvalue weighted by atomic mass is 19.1. The molecule has 1 aliphatic rings. The molecule has 1 unspecified atom stereocenters. The van der Waals surface area contributed by atoms with Gasteiger partial charge in [0.15, 0.2) is 0 Å². The fourth-order valence-corrected chi connectivity index (χ4v) is 2.15. The van der Waals surface area contributed by atoms with Crippen molar-refractivity contribution in [3.63, 3.8) is 0 Å². The summed E-state index contributed by atoms with van der Waals surface area (Å²) >= 11 is 0. The highest BCUT2D eigenvalue weighted by molar-refractivity contribution is 5.41. The molecule has 82 valence electrons. The van der Waals surface area contributed by atoms with Gasteiger partial charge in [-0.2, -0.15) is 0 Å². The van der Waals surface area contributed by atoms with Gasteiger partial charge in [-0.3, -0.25) is 0 Å². The van der Waals surface area contributed by atoms with Crippen LogP contribution in [0.15, 0.2) is 24.3 Å². The van der Waals surface area contributed by atoms with Crippen molar-refractivity contribution in [2.45, 2.75) is 24.9 Å². The molecule has 0 aliphatic carbocycles. The molecule has 0 amide bonds. The molecule has 0 aromatic heterocycles. The largest absolute Gasteiger partial charge is 0.399 e. The maximum Gasteiger partial charge on any atom is 0.127 e. The second kappa shape index (κ2) is 4.19. The number of nitrogens with one attached hydrogen (secondary N) is 1. The van der Waals surface area contributed by atoms with E-state index in [-0.39, 0.29) is 0 Å². The summed E-state index contributed by atoms with van der Waals surface area (Å²) in [6, 6.07) is 7.50. The molecule has 3 N–H and O–H groups in total. The zero-order valence-electron chi connectivity index (χ0n) is 8.80. The molecular weight excluding hydrogens is 191 g/mol. The highest BCUT2D eigenvalue weighted by Gasteiger charge is 2.31. The predicted octanol–water partition coefficient (Wildman–Crippen LogP) is 1.90. The van der Waals surface area contributed by atoms with E-state index in [1.54, 1.807) is 0 Å². The molecule has 1 aliphatic heterocycles. The Morgan fingerprint density at radius 3 is 3.00 bits per heavy atom. The fraction of sp³-hybridized carbons (Fsp3) is 0.500. The van der Waals surface area contributed by atoms with Crippen LogP contribution in [0.5, 0.6) is 0 Å². The molecule has 3 heteroatoms. The van der Waals surface area contributed by atoms with Crippen molar-refractivity contribution in [3.8, 4) is 0 Å². The van der Waals surface area contributed by atoms with Gasteiger partial charge in [0, 0.05) is 18.7 Å². The van der Waals surface area contributed by atoms with E-state index in [9.17, 15) is 4.39 Å². The van der Waals surface area contributed by atoms with Crippen LogP contribution in [0, 0.1) is 0 Å². The third-order valence-electron chi connectivity index (χ3n) is 2.89. The summed E-state index contributed by atoms with van der Waals surface area (Å²) < 4.78 is 14.3. The lowest BCUT2D eigenvalue weighted by Crippen LogP contribution is -2.43. The molecule has 2 nitrogen and oxygen atoms in total. The lowest BCUT2D eigenvalue weighted by Gasteiger charge is -2.30. The van der Waals surface area contributed by atoms with Crippen molar-refractivity contribution in [3.05, 3.63) is 29.8 Å². The van der Waals surface area contributed by atoms with Gasteiger partial charge in [0.2, 0.25) is 0 Å². The van der Waals surface area contributed by atoms with Crippen molar-refractivity contribution in [2.24, 2.45) is 0 Å². The van der Waals surface area contributed by atoms with Gasteiger partial charge in [0.05, 0.1) is 0 Å². The molecule has 0 radical (unpaired) electrons. The number of alkyl halides is 1. The van der Waals surface area contributed by atoms with Crippen molar-refractivity contribution >= 4 is 5.69 Å². The maximum absolute atomic E-state index is 14.3. The summed E-state index contributed by atoms with van der Waals surface area (Å²) in [5.74, 6) is 0. The van der Waals surface area contributed by atoms with Gasteiger partial charge in [-0.15, -0.1) is 0 Å². The number of hydrogen-bond acceptors (Lipinski definition) is 2. The van der Waals surface area contributed by atoms with Gasteiger partial charge in [0.1, 0.15) is 5.67 Å². The van der Waals surface area contributed by atoms with Gasteiger partial charge in [-0.05, 0) is 37.1 Å². The maximum atomic E-state index is 14.3. The molecule has 1 saturated heterocycles. The standard InChI is InChI=1S/C12H17FN2/c13-12(5-2-6-15-9-12)8-10-3-1-4-11(14)7-10/h1,3-4,7,15H,2,5-6,8-9,14H2. The van der Waals surface area contributed by atoms with Crippen LogP contribution in [-0.2, 0) is 6.42 Å². The van der Waals surface area contributed by atoms with E-state index in [0.29, 0.717) is 25.1 Å². The van der Waals surface area contributed by atoms with E-state index in [1.807, 2.05) is 24.3 Å². The lowest BCUT2D eigenvalue weighted by molar-refractivity contribution is 0.122. The van der Waals surface area contributed by atoms with E-state index in [1.165, 1.54) is 0 Å². The molecule has 0 spiro atoms. The predicted molar refractivity (Wildman–Crippen MR) is 60.5 cm³/mol. The van der Waals surface area contributed by atoms with Crippen LogP contribution in [-0.4, -0.2) is 18.8 Å². The SMILES string of the molecule is Nc1cccc(CC2(F)CCCNC2)c1. The van der Waals surface area contributed by atoms with E-state index in [2.05, 4.69) is 5.32 Å². The Balaban J connectivity index is 2.06. The number of piperidine rings is 1. The first-order valence-electron chi connectivity index (χ1n) is 5.42. The van der Waals surface area contributed by atoms with E-state index in [4.69, 9.17) is 5.73 Å². The third-order valence-corrected chi connectivity index (χ3v) is 2.89. The fourth-order valence-electron chi connectivity index (χ4n) is 2.15. The summed E-state index contributed by atoms with van der Waals surface area (Å²) in [6.07, 6.45) is 2.03. The minimum absolute atomic E-state index is 0.460. The summed E-state index contributed by atoms with van der Waals surface area (Å²) in [7, 11) is 0. The molecule has 1 heterocycles. The van der Waals surface area contributed by atoms with Crippen LogP contribution in [0.25, 0.3) is 0 Å². The average Bonchev–Trinajstić information content (AvgIpc) is 2.18. The van der Waals surface area contributed by atoms with Crippen LogP contribution >= 0.6 is 0 Å². The van der Waals surface area contributed by atoms with Crippen molar-refractivity contribution in [2.75, 3.05) is 18.8 Å². The normalized spacial score (nSPS) is 26.5. The smallest absolute Gasteiger partial charge is 0.127 e. The van der Waals surface area contributed by atoms with Crippen molar-refractivity contribution < 1.29 is 4.39 Å². The third kappa shape index (κ3) is 2.69.